The molecule has 8 nitrogen and oxygen atoms in total. The van der Waals surface area contributed by atoms with Gasteiger partial charge in [0.1, 0.15) is 13.2 Å². The largest absolute Gasteiger partial charge is 0.490 e. The number of nitro benzene ring substituents is 1. The van der Waals surface area contributed by atoms with E-state index in [4.69, 9.17) is 14.3 Å². The molecule has 0 aliphatic rings. The van der Waals surface area contributed by atoms with Crippen molar-refractivity contribution >= 4 is 11.9 Å². The van der Waals surface area contributed by atoms with E-state index in [2.05, 4.69) is 17.8 Å². The van der Waals surface area contributed by atoms with E-state index >= 15 is 0 Å². The number of ether oxygens (including phenoxy) is 2. The Labute approximate surface area is 203 Å². The minimum Gasteiger partial charge on any atom is -0.490 e. The monoisotopic (exact) mass is 471 g/mol. The summed E-state index contributed by atoms with van der Waals surface area (Å²) in [4.78, 5) is 15.8. The molecule has 0 aliphatic carbocycles. The first-order chi connectivity index (χ1) is 17.0. The number of benzene rings is 3. The van der Waals surface area contributed by atoms with Gasteiger partial charge in [0.05, 0.1) is 29.4 Å². The predicted molar refractivity (Wildman–Crippen MR) is 132 cm³/mol. The lowest BCUT2D eigenvalue weighted by Crippen LogP contribution is -2.04. The maximum Gasteiger partial charge on any atom is 0.269 e. The van der Waals surface area contributed by atoms with Gasteiger partial charge in [-0.2, -0.15) is 5.26 Å². The number of allylic oxidation sites excluding steroid dienone is 1. The second-order valence-electron chi connectivity index (χ2n) is 7.42. The van der Waals surface area contributed by atoms with Crippen LogP contribution in [-0.2, 0) is 24.5 Å². The average molecular weight is 472 g/mol. The molecular weight excluding hydrogens is 446 g/mol. The second-order valence-corrected chi connectivity index (χ2v) is 7.42. The van der Waals surface area contributed by atoms with Gasteiger partial charge in [-0.1, -0.05) is 29.4 Å². The second kappa shape index (κ2) is 12.6. The molecule has 0 heterocycles. The van der Waals surface area contributed by atoms with Crippen LogP contribution in [0.4, 0.5) is 5.69 Å². The summed E-state index contributed by atoms with van der Waals surface area (Å²) in [6, 6.07) is 19.2. The van der Waals surface area contributed by atoms with Crippen LogP contribution in [0.15, 0.2) is 78.5 Å². The zero-order chi connectivity index (χ0) is 25.0. The Balaban J connectivity index is 1.77. The van der Waals surface area contributed by atoms with Crippen molar-refractivity contribution in [2.24, 2.45) is 5.16 Å². The topological polar surface area (TPSA) is 107 Å². The van der Waals surface area contributed by atoms with Crippen LogP contribution in [0, 0.1) is 21.4 Å². The summed E-state index contributed by atoms with van der Waals surface area (Å²) in [5, 5.41) is 24.1. The summed E-state index contributed by atoms with van der Waals surface area (Å²) in [6.07, 6.45) is 3.87. The molecule has 35 heavy (non-hydrogen) atoms. The maximum absolute atomic E-state index is 10.9. The van der Waals surface area contributed by atoms with Gasteiger partial charge < -0.3 is 14.3 Å². The zero-order valence-corrected chi connectivity index (χ0v) is 19.3. The van der Waals surface area contributed by atoms with E-state index in [1.807, 2.05) is 25.1 Å². The Hall–Kier alpha value is -4.64. The number of nitrogens with zero attached hydrogens (tertiary/aromatic N) is 3. The van der Waals surface area contributed by atoms with Crippen molar-refractivity contribution in [2.45, 2.75) is 26.6 Å². The smallest absolute Gasteiger partial charge is 0.269 e. The van der Waals surface area contributed by atoms with Crippen LogP contribution in [0.1, 0.15) is 34.7 Å². The standard InChI is InChI=1S/C27H25N3O5/c1-3-7-22-14-21(17-29-35-19-24-9-6-5-8-23(24)16-28)15-26(33-4-2)27(22)34-18-20-10-12-25(13-11-20)30(31)32/h3,5-6,8-15,17H,1,4,7,18-19H2,2H3/b29-17-. The fraction of sp³-hybridized carbons (Fsp3) is 0.185. The van der Waals surface area contributed by atoms with Crippen molar-refractivity contribution in [1.29, 1.82) is 5.26 Å². The van der Waals surface area contributed by atoms with Crippen LogP contribution in [0.25, 0.3) is 0 Å². The van der Waals surface area contributed by atoms with Crippen molar-refractivity contribution in [1.82, 2.24) is 0 Å². The number of hydrogen-bond acceptors (Lipinski definition) is 7. The number of hydrogen-bond donors (Lipinski definition) is 0. The highest BCUT2D eigenvalue weighted by Crippen LogP contribution is 2.34. The van der Waals surface area contributed by atoms with Crippen LogP contribution < -0.4 is 9.47 Å². The van der Waals surface area contributed by atoms with Gasteiger partial charge in [-0.25, -0.2) is 0 Å². The van der Waals surface area contributed by atoms with E-state index in [1.54, 1.807) is 42.6 Å². The summed E-state index contributed by atoms with van der Waals surface area (Å²) in [6.45, 7) is 6.53. The lowest BCUT2D eigenvalue weighted by Gasteiger charge is -2.16. The third kappa shape index (κ3) is 6.92. The Kier molecular flexibility index (Phi) is 8.97. The van der Waals surface area contributed by atoms with E-state index in [9.17, 15) is 15.4 Å². The number of rotatable bonds is 12. The van der Waals surface area contributed by atoms with Crippen LogP contribution in [-0.4, -0.2) is 17.7 Å². The molecule has 0 saturated heterocycles. The molecular formula is C27H25N3O5. The number of nitro groups is 1. The van der Waals surface area contributed by atoms with E-state index in [1.165, 1.54) is 12.1 Å². The molecule has 0 fully saturated rings. The Morgan fingerprint density at radius 3 is 2.54 bits per heavy atom. The highest BCUT2D eigenvalue weighted by atomic mass is 16.6. The summed E-state index contributed by atoms with van der Waals surface area (Å²) in [5.74, 6) is 1.12. The molecule has 3 aromatic rings. The zero-order valence-electron chi connectivity index (χ0n) is 19.3. The Morgan fingerprint density at radius 2 is 1.86 bits per heavy atom. The van der Waals surface area contributed by atoms with Crippen LogP contribution >= 0.6 is 0 Å². The van der Waals surface area contributed by atoms with Gasteiger partial charge in [-0.15, -0.1) is 6.58 Å². The SMILES string of the molecule is C=CCc1cc(/C=N\OCc2ccccc2C#N)cc(OCC)c1OCc1ccc([N+](=O)[O-])cc1. The lowest BCUT2D eigenvalue weighted by atomic mass is 10.1. The molecule has 178 valence electrons. The molecule has 0 saturated carbocycles. The molecule has 0 atom stereocenters. The molecule has 0 radical (unpaired) electrons. The summed E-state index contributed by atoms with van der Waals surface area (Å²) < 4.78 is 11.9. The van der Waals surface area contributed by atoms with Gasteiger partial charge in [-0.05, 0) is 49.2 Å². The van der Waals surface area contributed by atoms with Crippen LogP contribution in [0.2, 0.25) is 0 Å². The van der Waals surface area contributed by atoms with Crippen molar-refractivity contribution in [3.63, 3.8) is 0 Å². The number of nitriles is 1. The van der Waals surface area contributed by atoms with Gasteiger partial charge in [0, 0.05) is 28.8 Å². The van der Waals surface area contributed by atoms with E-state index in [0.717, 1.165) is 22.3 Å². The molecule has 3 aromatic carbocycles. The molecule has 0 aliphatic heterocycles. The van der Waals surface area contributed by atoms with Crippen molar-refractivity contribution in [3.05, 3.63) is 111 Å². The van der Waals surface area contributed by atoms with E-state index < -0.39 is 4.92 Å². The molecule has 8 heteroatoms. The Bertz CT molecular complexity index is 1250. The molecule has 0 N–H and O–H groups in total. The Morgan fingerprint density at radius 1 is 1.09 bits per heavy atom. The average Bonchev–Trinajstić information content (AvgIpc) is 2.87. The summed E-state index contributed by atoms with van der Waals surface area (Å²) in [7, 11) is 0. The van der Waals surface area contributed by atoms with E-state index in [-0.39, 0.29) is 18.9 Å². The first-order valence-corrected chi connectivity index (χ1v) is 11.0. The molecule has 0 unspecified atom stereocenters. The van der Waals surface area contributed by atoms with Crippen molar-refractivity contribution in [3.8, 4) is 17.6 Å². The molecule has 0 aromatic heterocycles. The fourth-order valence-corrected chi connectivity index (χ4v) is 3.32. The molecule has 3 rings (SSSR count). The normalized spacial score (nSPS) is 10.5. The fourth-order valence-electron chi connectivity index (χ4n) is 3.32. The number of oxime groups is 1. The minimum absolute atomic E-state index is 0.0260. The first kappa shape index (κ1) is 25.0. The highest BCUT2D eigenvalue weighted by molar-refractivity contribution is 5.81. The van der Waals surface area contributed by atoms with Gasteiger partial charge >= 0.3 is 0 Å². The van der Waals surface area contributed by atoms with Gasteiger partial charge in [0.15, 0.2) is 11.5 Å². The van der Waals surface area contributed by atoms with Crippen LogP contribution in [0.3, 0.4) is 0 Å². The molecule has 0 spiro atoms. The first-order valence-electron chi connectivity index (χ1n) is 11.0. The van der Waals surface area contributed by atoms with Crippen LogP contribution in [0.5, 0.6) is 11.5 Å². The van der Waals surface area contributed by atoms with Gasteiger partial charge in [0.25, 0.3) is 5.69 Å². The number of non-ortho nitro benzene ring substituents is 1. The summed E-state index contributed by atoms with van der Waals surface area (Å²) >= 11 is 0. The van der Waals surface area contributed by atoms with Crippen molar-refractivity contribution in [2.75, 3.05) is 6.61 Å². The molecule has 0 bridgehead atoms. The minimum atomic E-state index is -0.438. The predicted octanol–water partition coefficient (Wildman–Crippen LogP) is 5.72. The lowest BCUT2D eigenvalue weighted by molar-refractivity contribution is -0.384. The highest BCUT2D eigenvalue weighted by Gasteiger charge is 2.14. The van der Waals surface area contributed by atoms with Gasteiger partial charge in [-0.3, -0.25) is 10.1 Å². The van der Waals surface area contributed by atoms with E-state index in [0.29, 0.717) is 30.1 Å². The van der Waals surface area contributed by atoms with Crippen molar-refractivity contribution < 1.29 is 19.2 Å². The third-order valence-corrected chi connectivity index (χ3v) is 4.98. The molecule has 0 amide bonds. The maximum atomic E-state index is 10.9. The third-order valence-electron chi connectivity index (χ3n) is 4.98. The summed E-state index contributed by atoms with van der Waals surface area (Å²) in [5.41, 5.74) is 3.72. The quantitative estimate of drug-likeness (QED) is 0.145. The van der Waals surface area contributed by atoms with Gasteiger partial charge in [0.2, 0.25) is 0 Å².